The summed E-state index contributed by atoms with van der Waals surface area (Å²) in [7, 11) is 1.63. The summed E-state index contributed by atoms with van der Waals surface area (Å²) >= 11 is 5.46. The molecule has 0 aromatic heterocycles. The average Bonchev–Trinajstić information content (AvgIpc) is 1.95. The van der Waals surface area contributed by atoms with E-state index in [0.29, 0.717) is 5.69 Å². The normalized spacial score (nSPS) is 8.64. The van der Waals surface area contributed by atoms with Crippen molar-refractivity contribution < 1.29 is 42.1 Å². The predicted molar refractivity (Wildman–Crippen MR) is 40.4 cm³/mol. The van der Waals surface area contributed by atoms with Gasteiger partial charge in [0.15, 0.2) is 0 Å². The zero-order valence-corrected chi connectivity index (χ0v) is 8.43. The maximum absolute atomic E-state index is 12.5. The topological polar surface area (TPSA) is 14.1 Å². The van der Waals surface area contributed by atoms with Crippen molar-refractivity contribution >= 4 is 17.3 Å². The third-order valence-electron chi connectivity index (χ3n) is 1.16. The number of rotatable bonds is 1. The van der Waals surface area contributed by atoms with Gasteiger partial charge in [0.05, 0.1) is 5.02 Å². The van der Waals surface area contributed by atoms with Crippen molar-refractivity contribution in [1.29, 1.82) is 0 Å². The van der Waals surface area contributed by atoms with Crippen molar-refractivity contribution in [3.8, 4) is 0 Å². The second-order valence-electron chi connectivity index (χ2n) is 1.82. The van der Waals surface area contributed by atoms with E-state index in [0.717, 1.165) is 0 Å². The van der Waals surface area contributed by atoms with E-state index in [-0.39, 0.29) is 42.8 Å². The van der Waals surface area contributed by atoms with Crippen LogP contribution in [0.25, 0.3) is 5.32 Å². The molecule has 0 atom stereocenters. The van der Waals surface area contributed by atoms with Crippen molar-refractivity contribution in [3.63, 3.8) is 0 Å². The summed E-state index contributed by atoms with van der Waals surface area (Å²) in [5.74, 6) is -0.408. The molecular formula is C7H6ClFHoN-. The second kappa shape index (κ2) is 5.20. The molecule has 1 rings (SSSR count). The Balaban J connectivity index is 0.000001000. The van der Waals surface area contributed by atoms with Crippen LogP contribution in [0.5, 0.6) is 0 Å². The van der Waals surface area contributed by atoms with Crippen molar-refractivity contribution in [1.82, 2.24) is 0 Å². The molecule has 1 radical (unpaired) electrons. The van der Waals surface area contributed by atoms with Crippen LogP contribution in [0.3, 0.4) is 0 Å². The van der Waals surface area contributed by atoms with Gasteiger partial charge < -0.3 is 5.32 Å². The minimum absolute atomic E-state index is 0. The number of benzene rings is 1. The largest absolute Gasteiger partial charge is 0.687 e. The van der Waals surface area contributed by atoms with E-state index in [1.165, 1.54) is 12.1 Å². The Morgan fingerprint density at radius 3 is 2.55 bits per heavy atom. The molecule has 1 nitrogen and oxygen atoms in total. The van der Waals surface area contributed by atoms with Gasteiger partial charge in [0.25, 0.3) is 0 Å². The van der Waals surface area contributed by atoms with Crippen LogP contribution in [0.4, 0.5) is 10.1 Å². The van der Waals surface area contributed by atoms with E-state index >= 15 is 0 Å². The van der Waals surface area contributed by atoms with Gasteiger partial charge in [0.2, 0.25) is 0 Å². The van der Waals surface area contributed by atoms with Crippen molar-refractivity contribution in [2.24, 2.45) is 0 Å². The summed E-state index contributed by atoms with van der Waals surface area (Å²) < 4.78 is 12.5. The van der Waals surface area contributed by atoms with Crippen LogP contribution in [0.1, 0.15) is 0 Å². The third-order valence-corrected chi connectivity index (χ3v) is 1.45. The number of halogens is 2. The average molecular weight is 324 g/mol. The smallest absolute Gasteiger partial charge is 0.141 e. The Morgan fingerprint density at radius 2 is 2.09 bits per heavy atom. The van der Waals surface area contributed by atoms with Gasteiger partial charge in [0.1, 0.15) is 5.82 Å². The van der Waals surface area contributed by atoms with E-state index in [1.54, 1.807) is 13.1 Å². The van der Waals surface area contributed by atoms with Crippen LogP contribution in [-0.2, 0) is 0 Å². The summed E-state index contributed by atoms with van der Waals surface area (Å²) in [6.45, 7) is 0. The van der Waals surface area contributed by atoms with Crippen molar-refractivity contribution in [2.45, 2.75) is 0 Å². The van der Waals surface area contributed by atoms with Gasteiger partial charge in [-0.05, 0) is 6.07 Å². The molecule has 1 aromatic rings. The van der Waals surface area contributed by atoms with E-state index in [1.807, 2.05) is 0 Å². The molecule has 0 saturated carbocycles. The van der Waals surface area contributed by atoms with Crippen LogP contribution in [-0.4, -0.2) is 7.05 Å². The van der Waals surface area contributed by atoms with E-state index in [4.69, 9.17) is 11.6 Å². The van der Waals surface area contributed by atoms with Gasteiger partial charge in [-0.1, -0.05) is 23.7 Å². The standard InChI is InChI=1S/C7H6ClFN.Ho/c1-10-5-2-3-7(9)6(8)4-5;/h2-4H,1H3;/q-1;. The van der Waals surface area contributed by atoms with Crippen LogP contribution in [0.15, 0.2) is 18.2 Å². The molecular weight excluding hydrogens is 317 g/mol. The first-order chi connectivity index (χ1) is 4.74. The van der Waals surface area contributed by atoms with Gasteiger partial charge in [0, 0.05) is 37.7 Å². The molecule has 0 spiro atoms. The SMILES string of the molecule is C[N-]c1ccc(F)c(Cl)c1.[Ho]. The third kappa shape index (κ3) is 3.16. The van der Waals surface area contributed by atoms with Crippen molar-refractivity contribution in [2.75, 3.05) is 7.05 Å². The van der Waals surface area contributed by atoms with Gasteiger partial charge in [-0.2, -0.15) is 0 Å². The first-order valence-corrected chi connectivity index (χ1v) is 3.16. The fourth-order valence-electron chi connectivity index (χ4n) is 0.624. The molecule has 0 N–H and O–H groups in total. The van der Waals surface area contributed by atoms with Crippen LogP contribution >= 0.6 is 11.6 Å². The Kier molecular flexibility index (Phi) is 5.44. The molecule has 0 aliphatic rings. The van der Waals surface area contributed by atoms with Gasteiger partial charge in [-0.15, -0.1) is 12.7 Å². The summed E-state index contributed by atoms with van der Waals surface area (Å²) in [6.07, 6.45) is 0. The van der Waals surface area contributed by atoms with Gasteiger partial charge >= 0.3 is 0 Å². The quantitative estimate of drug-likeness (QED) is 0.705. The molecule has 0 fully saturated rings. The van der Waals surface area contributed by atoms with Crippen LogP contribution in [0, 0.1) is 43.6 Å². The summed E-state index contributed by atoms with van der Waals surface area (Å²) in [4.78, 5) is 0. The first kappa shape index (κ1) is 11.5. The van der Waals surface area contributed by atoms with Gasteiger partial charge in [-0.25, -0.2) is 4.39 Å². The minimum Gasteiger partial charge on any atom is -0.687 e. The minimum atomic E-state index is -0.408. The van der Waals surface area contributed by atoms with Crippen LogP contribution < -0.4 is 0 Å². The summed E-state index contributed by atoms with van der Waals surface area (Å²) in [5, 5.41) is 3.94. The monoisotopic (exact) mass is 323 g/mol. The summed E-state index contributed by atoms with van der Waals surface area (Å²) in [5.41, 5.74) is 0.686. The fraction of sp³-hybridized carbons (Fsp3) is 0.143. The number of hydrogen-bond acceptors (Lipinski definition) is 0. The van der Waals surface area contributed by atoms with Gasteiger partial charge in [-0.3, -0.25) is 0 Å². The van der Waals surface area contributed by atoms with E-state index in [2.05, 4.69) is 5.32 Å². The Bertz CT molecular complexity index is 242. The molecule has 0 aliphatic carbocycles. The zero-order valence-electron chi connectivity index (χ0n) is 5.74. The molecule has 1 aromatic carbocycles. The van der Waals surface area contributed by atoms with E-state index in [9.17, 15) is 4.39 Å². The number of nitrogens with zero attached hydrogens (tertiary/aromatic N) is 1. The molecule has 0 amide bonds. The molecule has 0 bridgehead atoms. The number of hydrogen-bond donors (Lipinski definition) is 0. The van der Waals surface area contributed by atoms with E-state index < -0.39 is 5.82 Å². The molecule has 0 saturated heterocycles. The van der Waals surface area contributed by atoms with Crippen molar-refractivity contribution in [3.05, 3.63) is 34.4 Å². The fourth-order valence-corrected chi connectivity index (χ4v) is 0.799. The molecule has 0 heterocycles. The molecule has 0 unspecified atom stereocenters. The zero-order chi connectivity index (χ0) is 7.56. The Labute approximate surface area is 99.9 Å². The summed E-state index contributed by atoms with van der Waals surface area (Å²) in [6, 6.07) is 4.35. The maximum atomic E-state index is 12.5. The maximum Gasteiger partial charge on any atom is 0.141 e. The Hall–Kier alpha value is 0.500. The molecule has 0 aliphatic heterocycles. The first-order valence-electron chi connectivity index (χ1n) is 2.79. The van der Waals surface area contributed by atoms with Crippen LogP contribution in [0.2, 0.25) is 5.02 Å². The Morgan fingerprint density at radius 1 is 1.45 bits per heavy atom. The molecule has 11 heavy (non-hydrogen) atoms. The molecule has 65 valence electrons. The predicted octanol–water partition coefficient (Wildman–Crippen LogP) is 3.11. The second-order valence-corrected chi connectivity index (χ2v) is 2.23. The molecule has 4 heteroatoms.